The van der Waals surface area contributed by atoms with E-state index in [-0.39, 0.29) is 0 Å². The van der Waals surface area contributed by atoms with Crippen molar-refractivity contribution in [2.24, 2.45) is 5.92 Å². The fraction of sp³-hybridized carbons (Fsp3) is 1.00. The molecule has 2 unspecified atom stereocenters. The summed E-state index contributed by atoms with van der Waals surface area (Å²) in [6, 6.07) is 0. The van der Waals surface area contributed by atoms with Crippen molar-refractivity contribution in [2.45, 2.75) is 32.0 Å². The summed E-state index contributed by atoms with van der Waals surface area (Å²) in [7, 11) is 5.63. The summed E-state index contributed by atoms with van der Waals surface area (Å²) in [5.41, 5.74) is 0. The molecule has 1 saturated carbocycles. The van der Waals surface area contributed by atoms with Crippen LogP contribution in [-0.4, -0.2) is 7.85 Å². The molecule has 1 heteroatoms. The maximum absolute atomic E-state index is 5.63. The van der Waals surface area contributed by atoms with Gasteiger partial charge in [0, 0.05) is 0 Å². The van der Waals surface area contributed by atoms with Crippen molar-refractivity contribution in [3.8, 4) is 0 Å². The Morgan fingerprint density at radius 2 is 2.14 bits per heavy atom. The SMILES string of the molecule is [B]C1CCC(C)C1. The van der Waals surface area contributed by atoms with Crippen LogP contribution in [0.2, 0.25) is 5.82 Å². The summed E-state index contributed by atoms with van der Waals surface area (Å²) < 4.78 is 0. The Balaban J connectivity index is 2.26. The van der Waals surface area contributed by atoms with E-state index in [2.05, 4.69) is 6.92 Å². The van der Waals surface area contributed by atoms with Gasteiger partial charge in [0.25, 0.3) is 0 Å². The standard InChI is InChI=1S/C6H11B/c1-5-2-3-6(7)4-5/h5-6H,2-4H2,1H3. The lowest BCUT2D eigenvalue weighted by Gasteiger charge is -1.96. The largest absolute Gasteiger partial charge is 0.0771 e. The first-order chi connectivity index (χ1) is 3.29. The fourth-order valence-electron chi connectivity index (χ4n) is 1.25. The van der Waals surface area contributed by atoms with Crippen LogP contribution in [0.3, 0.4) is 0 Å². The molecule has 0 aromatic rings. The van der Waals surface area contributed by atoms with Gasteiger partial charge in [-0.15, -0.1) is 0 Å². The second-order valence-corrected chi connectivity index (χ2v) is 2.68. The molecule has 38 valence electrons. The Morgan fingerprint density at radius 3 is 2.29 bits per heavy atom. The first-order valence-electron chi connectivity index (χ1n) is 3.04. The van der Waals surface area contributed by atoms with Gasteiger partial charge in [0.05, 0.1) is 7.85 Å². The Bertz CT molecular complexity index is 53.2. The molecule has 2 atom stereocenters. The molecule has 1 fully saturated rings. The van der Waals surface area contributed by atoms with E-state index in [0.29, 0.717) is 5.82 Å². The van der Waals surface area contributed by atoms with Crippen LogP contribution in [0.4, 0.5) is 0 Å². The molecule has 0 aliphatic heterocycles. The van der Waals surface area contributed by atoms with Crippen molar-refractivity contribution in [2.75, 3.05) is 0 Å². The Labute approximate surface area is 46.7 Å². The zero-order valence-corrected chi connectivity index (χ0v) is 4.85. The highest BCUT2D eigenvalue weighted by atomic mass is 14.2. The topological polar surface area (TPSA) is 0 Å². The molecule has 2 radical (unpaired) electrons. The number of hydrogen-bond donors (Lipinski definition) is 0. The van der Waals surface area contributed by atoms with Gasteiger partial charge in [-0.25, -0.2) is 0 Å². The normalized spacial score (nSPS) is 41.9. The smallest absolute Gasteiger partial charge is 0.0699 e. The second-order valence-electron chi connectivity index (χ2n) is 2.68. The molecular formula is C6H11B. The molecule has 1 rings (SSSR count). The maximum atomic E-state index is 5.63. The van der Waals surface area contributed by atoms with E-state index in [9.17, 15) is 0 Å². The molecule has 0 aromatic heterocycles. The Morgan fingerprint density at radius 1 is 1.43 bits per heavy atom. The van der Waals surface area contributed by atoms with Gasteiger partial charge in [-0.05, 0) is 5.92 Å². The molecule has 1 aliphatic carbocycles. The maximum Gasteiger partial charge on any atom is 0.0699 e. The lowest BCUT2D eigenvalue weighted by molar-refractivity contribution is 0.612. The monoisotopic (exact) mass is 94.1 g/mol. The van der Waals surface area contributed by atoms with Crippen molar-refractivity contribution in [1.82, 2.24) is 0 Å². The van der Waals surface area contributed by atoms with Crippen LogP contribution in [0.15, 0.2) is 0 Å². The van der Waals surface area contributed by atoms with Crippen molar-refractivity contribution in [3.63, 3.8) is 0 Å². The van der Waals surface area contributed by atoms with Gasteiger partial charge >= 0.3 is 0 Å². The summed E-state index contributed by atoms with van der Waals surface area (Å²) >= 11 is 0. The third-order valence-electron chi connectivity index (χ3n) is 1.74. The van der Waals surface area contributed by atoms with Gasteiger partial charge in [0.15, 0.2) is 0 Å². The molecule has 0 amide bonds. The van der Waals surface area contributed by atoms with Gasteiger partial charge < -0.3 is 0 Å². The van der Waals surface area contributed by atoms with E-state index in [1.807, 2.05) is 0 Å². The lowest BCUT2D eigenvalue weighted by Crippen LogP contribution is -1.83. The van der Waals surface area contributed by atoms with Crippen molar-refractivity contribution >= 4 is 7.85 Å². The van der Waals surface area contributed by atoms with Crippen LogP contribution < -0.4 is 0 Å². The summed E-state index contributed by atoms with van der Waals surface area (Å²) in [4.78, 5) is 0. The van der Waals surface area contributed by atoms with Crippen LogP contribution in [0.1, 0.15) is 26.2 Å². The zero-order chi connectivity index (χ0) is 5.28. The highest BCUT2D eigenvalue weighted by molar-refractivity contribution is 6.11. The third kappa shape index (κ3) is 1.22. The van der Waals surface area contributed by atoms with Crippen LogP contribution in [0, 0.1) is 5.92 Å². The lowest BCUT2D eigenvalue weighted by atomic mass is 9.86. The zero-order valence-electron chi connectivity index (χ0n) is 4.85. The fourth-order valence-corrected chi connectivity index (χ4v) is 1.25. The predicted molar refractivity (Wildman–Crippen MR) is 32.5 cm³/mol. The summed E-state index contributed by atoms with van der Waals surface area (Å²) in [5.74, 6) is 1.42. The number of rotatable bonds is 0. The van der Waals surface area contributed by atoms with E-state index >= 15 is 0 Å². The first kappa shape index (κ1) is 5.21. The van der Waals surface area contributed by atoms with E-state index in [1.54, 1.807) is 0 Å². The minimum absolute atomic E-state index is 0.523. The molecular weight excluding hydrogens is 82.9 g/mol. The van der Waals surface area contributed by atoms with E-state index in [1.165, 1.54) is 19.3 Å². The summed E-state index contributed by atoms with van der Waals surface area (Å²) in [6.07, 6.45) is 3.85. The first-order valence-corrected chi connectivity index (χ1v) is 3.04. The molecule has 7 heavy (non-hydrogen) atoms. The third-order valence-corrected chi connectivity index (χ3v) is 1.74. The van der Waals surface area contributed by atoms with Crippen LogP contribution in [0.25, 0.3) is 0 Å². The van der Waals surface area contributed by atoms with E-state index < -0.39 is 0 Å². The van der Waals surface area contributed by atoms with Crippen molar-refractivity contribution in [1.29, 1.82) is 0 Å². The van der Waals surface area contributed by atoms with Gasteiger partial charge in [-0.1, -0.05) is 32.0 Å². The molecule has 0 nitrogen and oxygen atoms in total. The molecule has 0 saturated heterocycles. The molecule has 1 aliphatic rings. The van der Waals surface area contributed by atoms with Gasteiger partial charge in [-0.3, -0.25) is 0 Å². The molecule has 0 aromatic carbocycles. The summed E-state index contributed by atoms with van der Waals surface area (Å²) in [5, 5.41) is 0. The van der Waals surface area contributed by atoms with Crippen LogP contribution in [0.5, 0.6) is 0 Å². The van der Waals surface area contributed by atoms with Crippen molar-refractivity contribution in [3.05, 3.63) is 0 Å². The molecule has 0 heterocycles. The predicted octanol–water partition coefficient (Wildman–Crippen LogP) is 1.76. The minimum atomic E-state index is 0.523. The van der Waals surface area contributed by atoms with Gasteiger partial charge in [-0.2, -0.15) is 0 Å². The molecule has 0 N–H and O–H groups in total. The van der Waals surface area contributed by atoms with Crippen molar-refractivity contribution < 1.29 is 0 Å². The molecule has 0 bridgehead atoms. The summed E-state index contributed by atoms with van der Waals surface area (Å²) in [6.45, 7) is 2.27. The Hall–Kier alpha value is 0.0649. The average molecular weight is 94.0 g/mol. The second kappa shape index (κ2) is 1.89. The quantitative estimate of drug-likeness (QED) is 0.401. The molecule has 0 spiro atoms. The van der Waals surface area contributed by atoms with Crippen LogP contribution >= 0.6 is 0 Å². The number of hydrogen-bond acceptors (Lipinski definition) is 0. The van der Waals surface area contributed by atoms with Gasteiger partial charge in [0.1, 0.15) is 0 Å². The van der Waals surface area contributed by atoms with Gasteiger partial charge in [0.2, 0.25) is 0 Å². The minimum Gasteiger partial charge on any atom is -0.0771 e. The van der Waals surface area contributed by atoms with E-state index in [0.717, 1.165) is 5.92 Å². The Kier molecular flexibility index (Phi) is 1.41. The highest BCUT2D eigenvalue weighted by Gasteiger charge is 2.15. The highest BCUT2D eigenvalue weighted by Crippen LogP contribution is 2.31. The van der Waals surface area contributed by atoms with E-state index in [4.69, 9.17) is 7.85 Å². The van der Waals surface area contributed by atoms with Crippen LogP contribution in [-0.2, 0) is 0 Å². The average Bonchev–Trinajstić information content (AvgIpc) is 1.87.